The number of rotatable bonds is 12. The number of likely N-dealkylation sites (tertiary alicyclic amines) is 1. The van der Waals surface area contributed by atoms with Crippen molar-refractivity contribution < 1.29 is 29.0 Å². The summed E-state index contributed by atoms with van der Waals surface area (Å²) in [6, 6.07) is -0.886. The van der Waals surface area contributed by atoms with E-state index in [2.05, 4.69) is 33.9 Å². The number of carbonyl (C=O) groups excluding carboxylic acids is 3. The summed E-state index contributed by atoms with van der Waals surface area (Å²) in [5, 5.41) is 9.56. The van der Waals surface area contributed by atoms with Gasteiger partial charge in [-0.05, 0) is 58.3 Å². The lowest BCUT2D eigenvalue weighted by molar-refractivity contribution is -0.161. The molecule has 3 rings (SSSR count). The van der Waals surface area contributed by atoms with Crippen molar-refractivity contribution in [3.05, 3.63) is 25.3 Å². The standard InChI is InChI=1S/C29H46N2O6/c1-9-11-18-36-25(35)21-20-23(33)30(16-12-17-32)22(29(20)14-13-28(21,8)37-29)24(34)31(15-10-2)27(6,7)19-26(3,4)5/h9-10,20-22,32H,1-2,11-19H2,3-8H3/t20-,21-,22?,28+,29?/m0/s1. The Bertz CT molecular complexity index is 924. The molecule has 0 aromatic rings. The summed E-state index contributed by atoms with van der Waals surface area (Å²) in [4.78, 5) is 45.2. The van der Waals surface area contributed by atoms with Crippen molar-refractivity contribution in [2.24, 2.45) is 17.3 Å². The summed E-state index contributed by atoms with van der Waals surface area (Å²) in [6.45, 7) is 20.5. The Kier molecular flexibility index (Phi) is 8.35. The number of hydrogen-bond acceptors (Lipinski definition) is 6. The molecule has 1 spiro atoms. The van der Waals surface area contributed by atoms with E-state index < -0.39 is 40.6 Å². The Balaban J connectivity index is 2.06. The van der Waals surface area contributed by atoms with Gasteiger partial charge >= 0.3 is 5.97 Å². The number of aliphatic hydroxyl groups excluding tert-OH is 1. The van der Waals surface area contributed by atoms with Crippen LogP contribution in [-0.2, 0) is 23.9 Å². The molecule has 0 aromatic carbocycles. The van der Waals surface area contributed by atoms with Gasteiger partial charge in [0.05, 0.1) is 18.1 Å². The topological polar surface area (TPSA) is 96.4 Å². The highest BCUT2D eigenvalue weighted by Crippen LogP contribution is 2.63. The van der Waals surface area contributed by atoms with E-state index in [-0.39, 0.29) is 37.0 Å². The van der Waals surface area contributed by atoms with E-state index in [0.717, 1.165) is 6.42 Å². The molecule has 3 aliphatic rings. The van der Waals surface area contributed by atoms with Gasteiger partial charge in [-0.1, -0.05) is 32.9 Å². The first-order valence-electron chi connectivity index (χ1n) is 13.5. The minimum Gasteiger partial charge on any atom is -0.465 e. The molecule has 37 heavy (non-hydrogen) atoms. The number of esters is 1. The second kappa shape index (κ2) is 10.5. The van der Waals surface area contributed by atoms with E-state index >= 15 is 0 Å². The summed E-state index contributed by atoms with van der Waals surface area (Å²) in [6.07, 6.45) is 6.03. The molecule has 8 nitrogen and oxygen atoms in total. The minimum absolute atomic E-state index is 0.0395. The summed E-state index contributed by atoms with van der Waals surface area (Å²) >= 11 is 0. The van der Waals surface area contributed by atoms with Gasteiger partial charge in [-0.3, -0.25) is 14.4 Å². The third kappa shape index (κ3) is 5.24. The number of aliphatic hydroxyl groups is 1. The molecule has 2 bridgehead atoms. The molecular formula is C29H46N2O6. The predicted octanol–water partition coefficient (Wildman–Crippen LogP) is 3.48. The van der Waals surface area contributed by atoms with Crippen LogP contribution < -0.4 is 0 Å². The first kappa shape index (κ1) is 29.4. The van der Waals surface area contributed by atoms with Gasteiger partial charge in [0, 0.05) is 25.2 Å². The van der Waals surface area contributed by atoms with E-state index in [4.69, 9.17) is 9.47 Å². The smallest absolute Gasteiger partial charge is 0.312 e. The molecular weight excluding hydrogens is 472 g/mol. The average Bonchev–Trinajstić information content (AvgIpc) is 3.34. The van der Waals surface area contributed by atoms with Crippen molar-refractivity contribution in [2.75, 3.05) is 26.3 Å². The van der Waals surface area contributed by atoms with Crippen LogP contribution in [0.4, 0.5) is 0 Å². The molecule has 3 aliphatic heterocycles. The average molecular weight is 519 g/mol. The molecule has 3 saturated heterocycles. The van der Waals surface area contributed by atoms with Gasteiger partial charge in [-0.15, -0.1) is 13.2 Å². The van der Waals surface area contributed by atoms with Crippen LogP contribution in [0.5, 0.6) is 0 Å². The number of nitrogens with zero attached hydrogens (tertiary/aromatic N) is 2. The molecule has 5 atom stereocenters. The monoisotopic (exact) mass is 518 g/mol. The first-order chi connectivity index (χ1) is 17.2. The largest absolute Gasteiger partial charge is 0.465 e. The van der Waals surface area contributed by atoms with Crippen LogP contribution in [0.3, 0.4) is 0 Å². The Hall–Kier alpha value is -2.19. The zero-order valence-electron chi connectivity index (χ0n) is 23.5. The maximum atomic E-state index is 14.5. The van der Waals surface area contributed by atoms with Gasteiger partial charge in [0.1, 0.15) is 17.6 Å². The Labute approximate surface area is 222 Å². The van der Waals surface area contributed by atoms with Gasteiger partial charge in [0.2, 0.25) is 11.8 Å². The van der Waals surface area contributed by atoms with E-state index in [0.29, 0.717) is 32.2 Å². The van der Waals surface area contributed by atoms with Crippen LogP contribution in [-0.4, -0.2) is 81.8 Å². The van der Waals surface area contributed by atoms with E-state index in [9.17, 15) is 19.5 Å². The van der Waals surface area contributed by atoms with Gasteiger partial charge < -0.3 is 24.4 Å². The fraction of sp³-hybridized carbons (Fsp3) is 0.759. The van der Waals surface area contributed by atoms with Crippen molar-refractivity contribution in [1.29, 1.82) is 0 Å². The number of fused-ring (bicyclic) bond motifs is 1. The van der Waals surface area contributed by atoms with Crippen LogP contribution in [0.1, 0.15) is 73.6 Å². The van der Waals surface area contributed by atoms with E-state index in [1.807, 2.05) is 20.8 Å². The predicted molar refractivity (Wildman–Crippen MR) is 141 cm³/mol. The minimum atomic E-state index is -1.11. The number of amides is 2. The molecule has 0 saturated carbocycles. The summed E-state index contributed by atoms with van der Waals surface area (Å²) in [7, 11) is 0. The maximum Gasteiger partial charge on any atom is 0.312 e. The first-order valence-corrected chi connectivity index (χ1v) is 13.5. The molecule has 3 heterocycles. The quantitative estimate of drug-likeness (QED) is 0.241. The van der Waals surface area contributed by atoms with Crippen molar-refractivity contribution in [3.8, 4) is 0 Å². The lowest BCUT2D eigenvalue weighted by Gasteiger charge is -2.45. The van der Waals surface area contributed by atoms with Crippen molar-refractivity contribution in [2.45, 2.75) is 96.4 Å². The lowest BCUT2D eigenvalue weighted by Crippen LogP contribution is -2.61. The van der Waals surface area contributed by atoms with Crippen molar-refractivity contribution >= 4 is 17.8 Å². The third-order valence-corrected chi connectivity index (χ3v) is 8.16. The Morgan fingerprint density at radius 3 is 2.46 bits per heavy atom. The van der Waals surface area contributed by atoms with Crippen molar-refractivity contribution in [3.63, 3.8) is 0 Å². The molecule has 0 radical (unpaired) electrons. The molecule has 0 aliphatic carbocycles. The number of hydrogen-bond donors (Lipinski definition) is 1. The summed E-state index contributed by atoms with van der Waals surface area (Å²) in [5.41, 5.74) is -2.55. The van der Waals surface area contributed by atoms with Crippen LogP contribution in [0.25, 0.3) is 0 Å². The molecule has 208 valence electrons. The zero-order chi connectivity index (χ0) is 27.8. The second-order valence-corrected chi connectivity index (χ2v) is 12.9. The molecule has 2 amide bonds. The Morgan fingerprint density at radius 2 is 1.89 bits per heavy atom. The highest BCUT2D eigenvalue weighted by Gasteiger charge is 2.78. The normalized spacial score (nSPS) is 30.8. The second-order valence-electron chi connectivity index (χ2n) is 12.9. The van der Waals surface area contributed by atoms with Crippen LogP contribution in [0, 0.1) is 17.3 Å². The Morgan fingerprint density at radius 1 is 1.22 bits per heavy atom. The number of ether oxygens (including phenoxy) is 2. The van der Waals surface area contributed by atoms with Crippen LogP contribution in [0.15, 0.2) is 25.3 Å². The molecule has 8 heteroatoms. The third-order valence-electron chi connectivity index (χ3n) is 8.16. The molecule has 3 fully saturated rings. The SMILES string of the molecule is C=CCCOC(=O)[C@@H]1[C@H]2C(=O)N(CCCO)C(C(=O)N(CC=C)C(C)(C)CC(C)(C)C)C23CC[C@@]1(C)O3. The fourth-order valence-corrected chi connectivity index (χ4v) is 7.18. The van der Waals surface area contributed by atoms with Gasteiger partial charge in [-0.25, -0.2) is 0 Å². The zero-order valence-corrected chi connectivity index (χ0v) is 23.5. The lowest BCUT2D eigenvalue weighted by atomic mass is 9.66. The van der Waals surface area contributed by atoms with Gasteiger partial charge in [0.25, 0.3) is 0 Å². The van der Waals surface area contributed by atoms with Crippen LogP contribution >= 0.6 is 0 Å². The van der Waals surface area contributed by atoms with Crippen molar-refractivity contribution in [1.82, 2.24) is 9.80 Å². The van der Waals surface area contributed by atoms with Crippen LogP contribution in [0.2, 0.25) is 0 Å². The molecule has 2 unspecified atom stereocenters. The summed E-state index contributed by atoms with van der Waals surface area (Å²) in [5.74, 6) is -2.52. The highest BCUT2D eigenvalue weighted by atomic mass is 16.6. The maximum absolute atomic E-state index is 14.5. The van der Waals surface area contributed by atoms with E-state index in [1.165, 1.54) is 0 Å². The summed E-state index contributed by atoms with van der Waals surface area (Å²) < 4.78 is 12.2. The van der Waals surface area contributed by atoms with Gasteiger partial charge in [-0.2, -0.15) is 0 Å². The van der Waals surface area contributed by atoms with E-state index in [1.54, 1.807) is 22.0 Å². The molecule has 1 N–H and O–H groups in total. The number of carbonyl (C=O) groups is 3. The fourth-order valence-electron chi connectivity index (χ4n) is 7.18. The molecule has 0 aromatic heterocycles. The highest BCUT2D eigenvalue weighted by molar-refractivity contribution is 5.98. The van der Waals surface area contributed by atoms with Gasteiger partial charge in [0.15, 0.2) is 0 Å².